The fourth-order valence-corrected chi connectivity index (χ4v) is 2.00. The van der Waals surface area contributed by atoms with Gasteiger partial charge in [-0.3, -0.25) is 0 Å². The Labute approximate surface area is 76.3 Å². The van der Waals surface area contributed by atoms with Crippen molar-refractivity contribution in [1.29, 1.82) is 0 Å². The van der Waals surface area contributed by atoms with Crippen molar-refractivity contribution in [2.45, 2.75) is 25.3 Å². The molecule has 1 aromatic heterocycles. The van der Waals surface area contributed by atoms with Crippen molar-refractivity contribution < 1.29 is 0 Å². The van der Waals surface area contributed by atoms with Crippen molar-refractivity contribution in [3.05, 3.63) is 23.7 Å². The molecule has 2 nitrogen and oxygen atoms in total. The highest BCUT2D eigenvalue weighted by Crippen LogP contribution is 2.18. The summed E-state index contributed by atoms with van der Waals surface area (Å²) in [7, 11) is 0. The minimum Gasteiger partial charge on any atom is -0.358 e. The number of hydrogen-bond acceptors (Lipinski definition) is 3. The van der Waals surface area contributed by atoms with Crippen LogP contribution in [-0.2, 0) is 0 Å². The molecule has 1 aliphatic rings. The zero-order valence-electron chi connectivity index (χ0n) is 6.86. The van der Waals surface area contributed by atoms with Gasteiger partial charge in [-0.25, -0.2) is 4.98 Å². The molecule has 2 rings (SSSR count). The number of rotatable bonds is 2. The molecule has 64 valence electrons. The molecule has 1 aromatic rings. The molecule has 0 aromatic carbocycles. The lowest BCUT2D eigenvalue weighted by Crippen LogP contribution is -2.19. The fraction of sp³-hybridized carbons (Fsp3) is 0.444. The molecule has 0 radical (unpaired) electrons. The Morgan fingerprint density at radius 2 is 2.50 bits per heavy atom. The van der Waals surface area contributed by atoms with Gasteiger partial charge in [0, 0.05) is 17.6 Å². The highest BCUT2D eigenvalue weighted by atomic mass is 32.1. The van der Waals surface area contributed by atoms with E-state index in [4.69, 9.17) is 0 Å². The molecule has 0 aliphatic heterocycles. The van der Waals surface area contributed by atoms with Gasteiger partial charge in [0.25, 0.3) is 0 Å². The molecular weight excluding hydrogens is 168 g/mol. The number of anilines is 1. The van der Waals surface area contributed by atoms with Crippen LogP contribution in [0.15, 0.2) is 23.7 Å². The topological polar surface area (TPSA) is 24.9 Å². The Bertz CT molecular complexity index is 254. The maximum Gasteiger partial charge on any atom is 0.182 e. The number of aromatic nitrogens is 1. The second-order valence-electron chi connectivity index (χ2n) is 2.96. The van der Waals surface area contributed by atoms with E-state index in [1.807, 2.05) is 11.6 Å². The largest absolute Gasteiger partial charge is 0.358 e. The van der Waals surface area contributed by atoms with Gasteiger partial charge in [0.2, 0.25) is 0 Å². The average molecular weight is 180 g/mol. The second kappa shape index (κ2) is 3.72. The first-order valence-corrected chi connectivity index (χ1v) is 5.14. The number of allylic oxidation sites excluding steroid dienone is 1. The first-order valence-electron chi connectivity index (χ1n) is 4.26. The standard InChI is InChI=1S/C9H12N2S/c1-2-4-8(5-3-1)11-9-10-6-7-12-9/h1-2,6-8H,3-5H2,(H,10,11). The molecule has 1 heterocycles. The van der Waals surface area contributed by atoms with E-state index < -0.39 is 0 Å². The number of nitrogens with one attached hydrogen (secondary N) is 1. The van der Waals surface area contributed by atoms with Crippen LogP contribution in [0.3, 0.4) is 0 Å². The highest BCUT2D eigenvalue weighted by Gasteiger charge is 2.09. The molecule has 0 amide bonds. The third-order valence-electron chi connectivity index (χ3n) is 2.03. The fourth-order valence-electron chi connectivity index (χ4n) is 1.39. The summed E-state index contributed by atoms with van der Waals surface area (Å²) in [5, 5.41) is 6.47. The molecule has 3 heteroatoms. The van der Waals surface area contributed by atoms with Gasteiger partial charge >= 0.3 is 0 Å². The van der Waals surface area contributed by atoms with Crippen LogP contribution < -0.4 is 5.32 Å². The smallest absolute Gasteiger partial charge is 0.182 e. The lowest BCUT2D eigenvalue weighted by atomic mass is 10.0. The Morgan fingerprint density at radius 1 is 1.50 bits per heavy atom. The van der Waals surface area contributed by atoms with Crippen LogP contribution in [0, 0.1) is 0 Å². The van der Waals surface area contributed by atoms with Crippen LogP contribution >= 0.6 is 11.3 Å². The van der Waals surface area contributed by atoms with Gasteiger partial charge < -0.3 is 5.32 Å². The molecular formula is C9H12N2S. The minimum absolute atomic E-state index is 0.598. The molecule has 1 aliphatic carbocycles. The van der Waals surface area contributed by atoms with Gasteiger partial charge in [-0.15, -0.1) is 11.3 Å². The average Bonchev–Trinajstić information content (AvgIpc) is 2.59. The van der Waals surface area contributed by atoms with E-state index >= 15 is 0 Å². The zero-order valence-corrected chi connectivity index (χ0v) is 7.68. The van der Waals surface area contributed by atoms with E-state index in [9.17, 15) is 0 Å². The van der Waals surface area contributed by atoms with E-state index in [1.54, 1.807) is 11.3 Å². The van der Waals surface area contributed by atoms with Gasteiger partial charge in [0.1, 0.15) is 0 Å². The normalized spacial score (nSPS) is 22.5. The summed E-state index contributed by atoms with van der Waals surface area (Å²) < 4.78 is 0. The van der Waals surface area contributed by atoms with E-state index in [0.29, 0.717) is 6.04 Å². The molecule has 1 atom stereocenters. The van der Waals surface area contributed by atoms with E-state index in [2.05, 4.69) is 22.5 Å². The van der Waals surface area contributed by atoms with Gasteiger partial charge in [0.15, 0.2) is 5.13 Å². The monoisotopic (exact) mass is 180 g/mol. The third kappa shape index (κ3) is 1.85. The van der Waals surface area contributed by atoms with Crippen LogP contribution in [0.2, 0.25) is 0 Å². The quantitative estimate of drug-likeness (QED) is 0.708. The molecule has 0 fully saturated rings. The van der Waals surface area contributed by atoms with Crippen molar-refractivity contribution in [3.63, 3.8) is 0 Å². The maximum absolute atomic E-state index is 4.19. The first-order chi connectivity index (χ1) is 5.95. The van der Waals surface area contributed by atoms with Gasteiger partial charge in [-0.2, -0.15) is 0 Å². The van der Waals surface area contributed by atoms with Gasteiger partial charge in [-0.1, -0.05) is 12.2 Å². The highest BCUT2D eigenvalue weighted by molar-refractivity contribution is 7.13. The second-order valence-corrected chi connectivity index (χ2v) is 3.86. The van der Waals surface area contributed by atoms with Crippen molar-refractivity contribution in [2.24, 2.45) is 0 Å². The minimum atomic E-state index is 0.598. The summed E-state index contributed by atoms with van der Waals surface area (Å²) in [6.07, 6.45) is 9.90. The van der Waals surface area contributed by atoms with Gasteiger partial charge in [-0.05, 0) is 19.3 Å². The van der Waals surface area contributed by atoms with Gasteiger partial charge in [0.05, 0.1) is 0 Å². The van der Waals surface area contributed by atoms with Crippen LogP contribution in [0.5, 0.6) is 0 Å². The van der Waals surface area contributed by atoms with Crippen molar-refractivity contribution >= 4 is 16.5 Å². The summed E-state index contributed by atoms with van der Waals surface area (Å²) in [5.74, 6) is 0. The van der Waals surface area contributed by atoms with E-state index in [-0.39, 0.29) is 0 Å². The zero-order chi connectivity index (χ0) is 8.23. The van der Waals surface area contributed by atoms with E-state index in [1.165, 1.54) is 12.8 Å². The predicted octanol–water partition coefficient (Wildman–Crippen LogP) is 2.66. The summed E-state index contributed by atoms with van der Waals surface area (Å²) in [6.45, 7) is 0. The van der Waals surface area contributed by atoms with Crippen LogP contribution in [0.1, 0.15) is 19.3 Å². The van der Waals surface area contributed by atoms with Crippen LogP contribution in [-0.4, -0.2) is 11.0 Å². The molecule has 12 heavy (non-hydrogen) atoms. The molecule has 0 saturated carbocycles. The maximum atomic E-state index is 4.19. The Hall–Kier alpha value is -0.830. The molecule has 0 spiro atoms. The molecule has 1 N–H and O–H groups in total. The summed E-state index contributed by atoms with van der Waals surface area (Å²) >= 11 is 1.67. The van der Waals surface area contributed by atoms with Crippen molar-refractivity contribution in [3.8, 4) is 0 Å². The molecule has 0 saturated heterocycles. The Balaban J connectivity index is 1.91. The van der Waals surface area contributed by atoms with E-state index in [0.717, 1.165) is 11.6 Å². The first kappa shape index (κ1) is 7.80. The van der Waals surface area contributed by atoms with Crippen molar-refractivity contribution in [2.75, 3.05) is 5.32 Å². The molecule has 0 bridgehead atoms. The predicted molar refractivity (Wildman–Crippen MR) is 52.5 cm³/mol. The lowest BCUT2D eigenvalue weighted by Gasteiger charge is -2.18. The number of thiazole rings is 1. The summed E-state index contributed by atoms with van der Waals surface area (Å²) in [6, 6.07) is 0.598. The van der Waals surface area contributed by atoms with Crippen molar-refractivity contribution in [1.82, 2.24) is 4.98 Å². The summed E-state index contributed by atoms with van der Waals surface area (Å²) in [4.78, 5) is 4.19. The summed E-state index contributed by atoms with van der Waals surface area (Å²) in [5.41, 5.74) is 0. The third-order valence-corrected chi connectivity index (χ3v) is 2.73. The number of nitrogens with zero attached hydrogens (tertiary/aromatic N) is 1. The lowest BCUT2D eigenvalue weighted by molar-refractivity contribution is 0.644. The van der Waals surface area contributed by atoms with Crippen LogP contribution in [0.4, 0.5) is 5.13 Å². The number of hydrogen-bond donors (Lipinski definition) is 1. The Kier molecular flexibility index (Phi) is 2.42. The SMILES string of the molecule is C1=CCC(Nc2nccs2)CC1. The Morgan fingerprint density at radius 3 is 3.17 bits per heavy atom. The molecule has 1 unspecified atom stereocenters. The van der Waals surface area contributed by atoms with Crippen LogP contribution in [0.25, 0.3) is 0 Å².